The quantitative estimate of drug-likeness (QED) is 0.817. The molecule has 2 aliphatic rings. The van der Waals surface area contributed by atoms with Gasteiger partial charge in [0.2, 0.25) is 0 Å². The van der Waals surface area contributed by atoms with Gasteiger partial charge in [0.25, 0.3) is 10.2 Å². The molecule has 5 nitrogen and oxygen atoms in total. The largest absolute Gasteiger partial charge is 0.293 e. The standard InChI is InChI=1S/C14H21N3O2S/c1-15(2)20(18,19)17-10-14(11-17)16-8-7-12-5-3-4-6-13(12)9-16/h3-6,14H,7-11H2,1-2H3. The summed E-state index contributed by atoms with van der Waals surface area (Å²) in [6.45, 7) is 3.19. The van der Waals surface area contributed by atoms with Crippen LogP contribution in [-0.4, -0.2) is 61.7 Å². The molecule has 0 saturated carbocycles. The van der Waals surface area contributed by atoms with Gasteiger partial charge >= 0.3 is 0 Å². The van der Waals surface area contributed by atoms with Crippen LogP contribution >= 0.6 is 0 Å². The number of hydrogen-bond donors (Lipinski definition) is 0. The minimum Gasteiger partial charge on any atom is -0.293 e. The van der Waals surface area contributed by atoms with Crippen LogP contribution in [0.4, 0.5) is 0 Å². The average Bonchev–Trinajstić information content (AvgIpc) is 2.36. The van der Waals surface area contributed by atoms with Crippen LogP contribution in [0.2, 0.25) is 0 Å². The second kappa shape index (κ2) is 5.11. The summed E-state index contributed by atoms with van der Waals surface area (Å²) in [4.78, 5) is 2.41. The summed E-state index contributed by atoms with van der Waals surface area (Å²) in [5.41, 5.74) is 2.81. The number of fused-ring (bicyclic) bond motifs is 1. The molecule has 3 rings (SSSR count). The van der Waals surface area contributed by atoms with E-state index in [1.807, 2.05) is 0 Å². The van der Waals surface area contributed by atoms with Gasteiger partial charge in [-0.25, -0.2) is 0 Å². The van der Waals surface area contributed by atoms with E-state index < -0.39 is 10.2 Å². The summed E-state index contributed by atoms with van der Waals surface area (Å²) >= 11 is 0. The normalized spacial score (nSPS) is 21.8. The number of benzene rings is 1. The molecule has 1 saturated heterocycles. The fourth-order valence-corrected chi connectivity index (χ4v) is 4.08. The minimum absolute atomic E-state index is 0.359. The zero-order valence-electron chi connectivity index (χ0n) is 12.0. The summed E-state index contributed by atoms with van der Waals surface area (Å²) in [7, 11) is -0.0660. The Labute approximate surface area is 121 Å². The summed E-state index contributed by atoms with van der Waals surface area (Å²) in [5.74, 6) is 0. The van der Waals surface area contributed by atoms with Crippen LogP contribution in [0.5, 0.6) is 0 Å². The van der Waals surface area contributed by atoms with E-state index in [0.29, 0.717) is 19.1 Å². The monoisotopic (exact) mass is 295 g/mol. The highest BCUT2D eigenvalue weighted by Gasteiger charge is 2.40. The predicted molar refractivity (Wildman–Crippen MR) is 78.5 cm³/mol. The first kappa shape index (κ1) is 14.0. The highest BCUT2D eigenvalue weighted by molar-refractivity contribution is 7.86. The summed E-state index contributed by atoms with van der Waals surface area (Å²) in [6.07, 6.45) is 1.06. The Morgan fingerprint density at radius 3 is 2.45 bits per heavy atom. The van der Waals surface area contributed by atoms with Crippen LogP contribution in [-0.2, 0) is 23.2 Å². The first-order valence-corrected chi connectivity index (χ1v) is 8.36. The maximum Gasteiger partial charge on any atom is 0.281 e. The molecule has 0 aliphatic carbocycles. The van der Waals surface area contributed by atoms with Gasteiger partial charge in [-0.15, -0.1) is 0 Å². The van der Waals surface area contributed by atoms with Crippen molar-refractivity contribution in [1.82, 2.24) is 13.5 Å². The molecule has 110 valence electrons. The van der Waals surface area contributed by atoms with Gasteiger partial charge in [0.1, 0.15) is 0 Å². The molecule has 1 fully saturated rings. The van der Waals surface area contributed by atoms with Gasteiger partial charge < -0.3 is 0 Å². The smallest absolute Gasteiger partial charge is 0.281 e. The molecule has 0 N–H and O–H groups in total. The van der Waals surface area contributed by atoms with E-state index in [0.717, 1.165) is 19.5 Å². The summed E-state index contributed by atoms with van der Waals surface area (Å²) < 4.78 is 26.8. The van der Waals surface area contributed by atoms with Crippen molar-refractivity contribution in [2.75, 3.05) is 33.7 Å². The molecular formula is C14H21N3O2S. The van der Waals surface area contributed by atoms with E-state index in [1.54, 1.807) is 18.4 Å². The lowest BCUT2D eigenvalue weighted by atomic mass is 9.97. The molecule has 0 bridgehead atoms. The van der Waals surface area contributed by atoms with Crippen molar-refractivity contribution in [2.24, 2.45) is 0 Å². The van der Waals surface area contributed by atoms with E-state index in [1.165, 1.54) is 15.4 Å². The van der Waals surface area contributed by atoms with Crippen molar-refractivity contribution < 1.29 is 8.42 Å². The number of rotatable bonds is 3. The third-order valence-corrected chi connectivity index (χ3v) is 6.17. The highest BCUT2D eigenvalue weighted by atomic mass is 32.2. The fourth-order valence-electron chi connectivity index (χ4n) is 2.90. The lowest BCUT2D eigenvalue weighted by Gasteiger charge is -2.46. The Bertz CT molecular complexity index is 594. The van der Waals surface area contributed by atoms with E-state index >= 15 is 0 Å². The molecule has 20 heavy (non-hydrogen) atoms. The van der Waals surface area contributed by atoms with Crippen molar-refractivity contribution in [3.63, 3.8) is 0 Å². The maximum atomic E-state index is 12.0. The second-order valence-corrected chi connectivity index (χ2v) is 7.89. The van der Waals surface area contributed by atoms with Crippen LogP contribution < -0.4 is 0 Å². The van der Waals surface area contributed by atoms with E-state index in [-0.39, 0.29) is 0 Å². The lowest BCUT2D eigenvalue weighted by Crippen LogP contribution is -2.63. The highest BCUT2D eigenvalue weighted by Crippen LogP contribution is 2.26. The Hall–Kier alpha value is -0.950. The van der Waals surface area contributed by atoms with Crippen LogP contribution in [0.1, 0.15) is 11.1 Å². The lowest BCUT2D eigenvalue weighted by molar-refractivity contribution is 0.0739. The Balaban J connectivity index is 1.62. The zero-order chi connectivity index (χ0) is 14.3. The van der Waals surface area contributed by atoms with E-state index in [2.05, 4.69) is 29.2 Å². The fraction of sp³-hybridized carbons (Fsp3) is 0.571. The average molecular weight is 295 g/mol. The van der Waals surface area contributed by atoms with Crippen molar-refractivity contribution >= 4 is 10.2 Å². The van der Waals surface area contributed by atoms with Crippen molar-refractivity contribution in [1.29, 1.82) is 0 Å². The van der Waals surface area contributed by atoms with Crippen LogP contribution in [0.3, 0.4) is 0 Å². The van der Waals surface area contributed by atoms with Crippen molar-refractivity contribution in [3.8, 4) is 0 Å². The summed E-state index contributed by atoms with van der Waals surface area (Å²) in [6, 6.07) is 8.89. The third kappa shape index (κ3) is 2.37. The molecule has 1 aromatic carbocycles. The molecule has 0 radical (unpaired) electrons. The maximum absolute atomic E-state index is 12.0. The van der Waals surface area contributed by atoms with E-state index in [9.17, 15) is 8.42 Å². The molecule has 0 aromatic heterocycles. The molecule has 2 aliphatic heterocycles. The molecular weight excluding hydrogens is 274 g/mol. The van der Waals surface area contributed by atoms with Gasteiger partial charge in [0.15, 0.2) is 0 Å². The number of hydrogen-bond acceptors (Lipinski definition) is 3. The molecule has 0 spiro atoms. The molecule has 1 aromatic rings. The summed E-state index contributed by atoms with van der Waals surface area (Å²) in [5, 5.41) is 0. The van der Waals surface area contributed by atoms with Gasteiger partial charge in [-0.1, -0.05) is 24.3 Å². The zero-order valence-corrected chi connectivity index (χ0v) is 12.8. The first-order chi connectivity index (χ1) is 9.48. The number of nitrogens with zero attached hydrogens (tertiary/aromatic N) is 3. The van der Waals surface area contributed by atoms with Gasteiger partial charge in [-0.3, -0.25) is 4.90 Å². The molecule has 0 unspecified atom stereocenters. The molecule has 0 atom stereocenters. The van der Waals surface area contributed by atoms with Crippen molar-refractivity contribution in [3.05, 3.63) is 35.4 Å². The Morgan fingerprint density at radius 2 is 1.80 bits per heavy atom. The first-order valence-electron chi connectivity index (χ1n) is 6.97. The van der Waals surface area contributed by atoms with Crippen molar-refractivity contribution in [2.45, 2.75) is 19.0 Å². The van der Waals surface area contributed by atoms with Crippen LogP contribution in [0.25, 0.3) is 0 Å². The van der Waals surface area contributed by atoms with Gasteiger partial charge in [0.05, 0.1) is 0 Å². The Kier molecular flexibility index (Phi) is 3.58. The van der Waals surface area contributed by atoms with E-state index in [4.69, 9.17) is 0 Å². The second-order valence-electron chi connectivity index (χ2n) is 5.75. The van der Waals surface area contributed by atoms with Crippen LogP contribution in [0.15, 0.2) is 24.3 Å². The minimum atomic E-state index is -3.23. The van der Waals surface area contributed by atoms with Crippen LogP contribution in [0, 0.1) is 0 Å². The molecule has 6 heteroatoms. The molecule has 0 amide bonds. The van der Waals surface area contributed by atoms with Gasteiger partial charge in [0, 0.05) is 46.3 Å². The topological polar surface area (TPSA) is 43.9 Å². The van der Waals surface area contributed by atoms with Gasteiger partial charge in [-0.2, -0.15) is 17.0 Å². The predicted octanol–water partition coefficient (Wildman–Crippen LogP) is 0.535. The SMILES string of the molecule is CN(C)S(=O)(=O)N1CC(N2CCc3ccccc3C2)C1. The third-order valence-electron chi connectivity index (χ3n) is 4.29. The Morgan fingerprint density at radius 1 is 1.15 bits per heavy atom. The molecule has 2 heterocycles. The van der Waals surface area contributed by atoms with Gasteiger partial charge in [-0.05, 0) is 17.5 Å².